The number of thiophene rings is 1. The van der Waals surface area contributed by atoms with E-state index in [1.54, 1.807) is 24.3 Å². The van der Waals surface area contributed by atoms with E-state index in [0.29, 0.717) is 6.42 Å². The number of aliphatic carboxylic acids is 1. The number of carboxylic acids is 1. The van der Waals surface area contributed by atoms with Crippen LogP contribution in [0.15, 0.2) is 18.2 Å². The molecule has 0 aliphatic heterocycles. The molecule has 1 heterocycles. The van der Waals surface area contributed by atoms with E-state index in [2.05, 4.69) is 5.32 Å². The van der Waals surface area contributed by atoms with E-state index in [0.717, 1.165) is 17.7 Å². The van der Waals surface area contributed by atoms with Crippen LogP contribution in [0.2, 0.25) is 0 Å². The zero-order valence-electron chi connectivity index (χ0n) is 12.8. The molecule has 0 radical (unpaired) electrons. The van der Waals surface area contributed by atoms with Gasteiger partial charge in [0.1, 0.15) is 0 Å². The molecule has 0 aliphatic carbocycles. The third-order valence-corrected chi connectivity index (χ3v) is 4.21. The molecule has 1 amide bonds. The van der Waals surface area contributed by atoms with E-state index in [1.165, 1.54) is 4.88 Å². The van der Waals surface area contributed by atoms with Crippen LogP contribution in [-0.4, -0.2) is 23.0 Å². The van der Waals surface area contributed by atoms with Gasteiger partial charge in [0.2, 0.25) is 5.91 Å². The van der Waals surface area contributed by atoms with Crippen molar-refractivity contribution in [1.82, 2.24) is 5.32 Å². The highest BCUT2D eigenvalue weighted by molar-refractivity contribution is 7.12. The smallest absolute Gasteiger partial charge is 0.306 e. The van der Waals surface area contributed by atoms with Crippen molar-refractivity contribution >= 4 is 29.3 Å². The number of aryl methyl sites for hydroxylation is 1. The van der Waals surface area contributed by atoms with E-state index in [1.807, 2.05) is 32.1 Å². The van der Waals surface area contributed by atoms with Crippen molar-refractivity contribution in [3.05, 3.63) is 28.0 Å². The fraction of sp³-hybridized carbons (Fsp3) is 0.500. The summed E-state index contributed by atoms with van der Waals surface area (Å²) in [4.78, 5) is 24.7. The maximum Gasteiger partial charge on any atom is 0.306 e. The normalized spacial score (nSPS) is 14.0. The minimum atomic E-state index is -0.763. The fourth-order valence-corrected chi connectivity index (χ4v) is 2.70. The molecule has 1 rings (SSSR count). The maximum absolute atomic E-state index is 11.8. The number of amides is 1. The monoisotopic (exact) mass is 309 g/mol. The molecule has 0 aliphatic rings. The van der Waals surface area contributed by atoms with E-state index < -0.39 is 5.97 Å². The van der Waals surface area contributed by atoms with Gasteiger partial charge in [-0.2, -0.15) is 0 Å². The van der Waals surface area contributed by atoms with Crippen LogP contribution in [0.25, 0.3) is 6.08 Å². The second kappa shape index (κ2) is 8.62. The number of carboxylic acid groups (broad SMARTS) is 1. The van der Waals surface area contributed by atoms with E-state index in [-0.39, 0.29) is 17.9 Å². The highest BCUT2D eigenvalue weighted by atomic mass is 32.1. The lowest BCUT2D eigenvalue weighted by atomic mass is 10.0. The van der Waals surface area contributed by atoms with Crippen LogP contribution in [0.4, 0.5) is 0 Å². The Morgan fingerprint density at radius 1 is 1.33 bits per heavy atom. The summed E-state index contributed by atoms with van der Waals surface area (Å²) < 4.78 is 0. The predicted octanol–water partition coefficient (Wildman–Crippen LogP) is 3.47. The highest BCUT2D eigenvalue weighted by Gasteiger charge is 2.11. The summed E-state index contributed by atoms with van der Waals surface area (Å²) in [5, 5.41) is 11.7. The summed E-state index contributed by atoms with van der Waals surface area (Å²) in [6, 6.07) is 4.06. The third kappa shape index (κ3) is 7.09. The van der Waals surface area contributed by atoms with Crippen molar-refractivity contribution < 1.29 is 14.7 Å². The van der Waals surface area contributed by atoms with Crippen LogP contribution < -0.4 is 5.32 Å². The summed E-state index contributed by atoms with van der Waals surface area (Å²) >= 11 is 1.65. The average Bonchev–Trinajstić information content (AvgIpc) is 2.82. The lowest BCUT2D eigenvalue weighted by Gasteiger charge is -2.13. The molecule has 21 heavy (non-hydrogen) atoms. The first kappa shape index (κ1) is 17.4. The number of nitrogens with one attached hydrogen (secondary N) is 1. The highest BCUT2D eigenvalue weighted by Crippen LogP contribution is 2.16. The summed E-state index contributed by atoms with van der Waals surface area (Å²) in [6.45, 7) is 5.67. The predicted molar refractivity (Wildman–Crippen MR) is 86.3 cm³/mol. The van der Waals surface area contributed by atoms with Crippen molar-refractivity contribution in [1.29, 1.82) is 0 Å². The Labute approximate surface area is 129 Å². The Morgan fingerprint density at radius 3 is 2.62 bits per heavy atom. The van der Waals surface area contributed by atoms with Gasteiger partial charge in [-0.3, -0.25) is 9.59 Å². The first-order valence-corrected chi connectivity index (χ1v) is 7.98. The summed E-state index contributed by atoms with van der Waals surface area (Å²) in [6.07, 6.45) is 5.58. The molecule has 0 aromatic carbocycles. The number of hydrogen-bond acceptors (Lipinski definition) is 3. The second-order valence-corrected chi connectivity index (χ2v) is 6.68. The molecule has 116 valence electrons. The Morgan fingerprint density at radius 2 is 2.05 bits per heavy atom. The Bertz CT molecular complexity index is 507. The van der Waals surface area contributed by atoms with Crippen molar-refractivity contribution in [3.63, 3.8) is 0 Å². The van der Waals surface area contributed by atoms with Gasteiger partial charge in [-0.05, 0) is 44.9 Å². The van der Waals surface area contributed by atoms with Gasteiger partial charge in [-0.15, -0.1) is 11.3 Å². The van der Waals surface area contributed by atoms with Gasteiger partial charge in [0.15, 0.2) is 0 Å². The topological polar surface area (TPSA) is 66.4 Å². The van der Waals surface area contributed by atoms with Crippen molar-refractivity contribution in [2.45, 2.75) is 46.1 Å². The number of hydrogen-bond donors (Lipinski definition) is 2. The number of rotatable bonds is 8. The molecule has 0 fully saturated rings. The van der Waals surface area contributed by atoms with Crippen molar-refractivity contribution in [2.24, 2.45) is 5.92 Å². The van der Waals surface area contributed by atoms with Gasteiger partial charge >= 0.3 is 5.97 Å². The van der Waals surface area contributed by atoms with Crippen molar-refractivity contribution in [3.8, 4) is 0 Å². The molecular formula is C16H23NO3S. The molecule has 4 nitrogen and oxygen atoms in total. The summed E-state index contributed by atoms with van der Waals surface area (Å²) in [5.74, 6) is -1.20. The Hall–Kier alpha value is -1.62. The van der Waals surface area contributed by atoms with Gasteiger partial charge in [0.25, 0.3) is 0 Å². The molecule has 0 spiro atoms. The zero-order valence-corrected chi connectivity index (χ0v) is 13.6. The average molecular weight is 309 g/mol. The minimum Gasteiger partial charge on any atom is -0.481 e. The Balaban J connectivity index is 2.27. The van der Waals surface area contributed by atoms with E-state index in [9.17, 15) is 9.59 Å². The van der Waals surface area contributed by atoms with Gasteiger partial charge in [0.05, 0.1) is 5.92 Å². The molecule has 2 atom stereocenters. The van der Waals surface area contributed by atoms with Gasteiger partial charge in [-0.25, -0.2) is 0 Å². The molecular weight excluding hydrogens is 286 g/mol. The summed E-state index contributed by atoms with van der Waals surface area (Å²) in [7, 11) is 0. The quantitative estimate of drug-likeness (QED) is 0.723. The molecule has 1 aromatic rings. The van der Waals surface area contributed by atoms with Crippen LogP contribution in [0.3, 0.4) is 0 Å². The fourth-order valence-electron chi connectivity index (χ4n) is 1.92. The molecule has 2 unspecified atom stereocenters. The van der Waals surface area contributed by atoms with Crippen LogP contribution in [-0.2, 0) is 9.59 Å². The lowest BCUT2D eigenvalue weighted by molar-refractivity contribution is -0.141. The zero-order chi connectivity index (χ0) is 15.8. The third-order valence-electron chi connectivity index (χ3n) is 3.24. The molecule has 5 heteroatoms. The maximum atomic E-state index is 11.8. The van der Waals surface area contributed by atoms with Crippen molar-refractivity contribution in [2.75, 3.05) is 0 Å². The van der Waals surface area contributed by atoms with E-state index >= 15 is 0 Å². The molecule has 0 saturated carbocycles. The first-order chi connectivity index (χ1) is 9.88. The second-order valence-electron chi connectivity index (χ2n) is 5.36. The number of carbonyl (C=O) groups is 2. The lowest BCUT2D eigenvalue weighted by Crippen LogP contribution is -2.31. The largest absolute Gasteiger partial charge is 0.481 e. The standard InChI is InChI=1S/C16H23NO3S/c1-11(16(19)20)5-4-6-12(2)17-15(18)10-9-14-8-7-13(3)21-14/h7-12H,4-6H2,1-3H3,(H,17,18)(H,19,20). The van der Waals surface area contributed by atoms with E-state index in [4.69, 9.17) is 5.11 Å². The SMILES string of the molecule is Cc1ccc(C=CC(=O)NC(C)CCCC(C)C(=O)O)s1. The van der Waals surface area contributed by atoms with Gasteiger partial charge in [0, 0.05) is 21.9 Å². The van der Waals surface area contributed by atoms with Crippen LogP contribution in [0.1, 0.15) is 42.9 Å². The molecule has 2 N–H and O–H groups in total. The van der Waals surface area contributed by atoms with Crippen LogP contribution >= 0.6 is 11.3 Å². The molecule has 0 bridgehead atoms. The molecule has 1 aromatic heterocycles. The minimum absolute atomic E-state index is 0.0493. The Kier molecular flexibility index (Phi) is 7.15. The van der Waals surface area contributed by atoms with Gasteiger partial charge in [-0.1, -0.05) is 13.3 Å². The van der Waals surface area contributed by atoms with Crippen LogP contribution in [0.5, 0.6) is 0 Å². The van der Waals surface area contributed by atoms with Gasteiger partial charge < -0.3 is 10.4 Å². The summed E-state index contributed by atoms with van der Waals surface area (Å²) in [5.41, 5.74) is 0. The first-order valence-electron chi connectivity index (χ1n) is 7.16. The van der Waals surface area contributed by atoms with Crippen LogP contribution in [0, 0.1) is 12.8 Å². The number of carbonyl (C=O) groups excluding carboxylic acids is 1. The molecule has 0 saturated heterocycles.